The van der Waals surface area contributed by atoms with Crippen LogP contribution in [-0.2, 0) is 13.2 Å². The lowest BCUT2D eigenvalue weighted by atomic mass is 10.3. The molecular weight excluding hydrogens is 395 g/mol. The first-order chi connectivity index (χ1) is 10.1. The molecule has 1 heterocycles. The van der Waals surface area contributed by atoms with Gasteiger partial charge in [-0.15, -0.1) is 10.2 Å². The number of anilines is 2. The van der Waals surface area contributed by atoms with Gasteiger partial charge in [0.15, 0.2) is 0 Å². The molecule has 2 aromatic rings. The van der Waals surface area contributed by atoms with E-state index in [4.69, 9.17) is 11.6 Å². The highest BCUT2D eigenvalue weighted by atomic mass is 79.9. The maximum atomic E-state index is 13.3. The van der Waals surface area contributed by atoms with Gasteiger partial charge in [0.1, 0.15) is 5.82 Å². The molecule has 11 heteroatoms. The zero-order valence-electron chi connectivity index (χ0n) is 10.7. The molecule has 0 unspecified atom stereocenters. The van der Waals surface area contributed by atoms with Gasteiger partial charge in [0.05, 0.1) is 15.2 Å². The predicted octanol–water partition coefficient (Wildman–Crippen LogP) is 3.49. The monoisotopic (exact) mass is 400 g/mol. The number of nitrogens with zero attached hydrogens (tertiary/aromatic N) is 3. The second-order valence-electron chi connectivity index (χ2n) is 4.11. The van der Waals surface area contributed by atoms with E-state index in [2.05, 4.69) is 31.4 Å². The fraction of sp³-hybridized carbons (Fsp3) is 0.182. The molecule has 1 N–H and O–H groups in total. The summed E-state index contributed by atoms with van der Waals surface area (Å²) in [7, 11) is 1.08. The second kappa shape index (κ2) is 5.84. The third-order valence-corrected chi connectivity index (χ3v) is 3.51. The minimum Gasteiger partial charge on any atom is -0.323 e. The Morgan fingerprint density at radius 3 is 2.55 bits per heavy atom. The highest BCUT2D eigenvalue weighted by Crippen LogP contribution is 2.30. The Balaban J connectivity index is 2.46. The smallest absolute Gasteiger partial charge is 0.323 e. The molecule has 0 fully saturated rings. The third kappa shape index (κ3) is 3.22. The van der Waals surface area contributed by atoms with Gasteiger partial charge >= 0.3 is 6.18 Å². The first kappa shape index (κ1) is 16.7. The van der Waals surface area contributed by atoms with Crippen LogP contribution in [0.4, 0.5) is 29.2 Å². The molecule has 0 aliphatic heterocycles. The molecule has 0 radical (unpaired) electrons. The second-order valence-corrected chi connectivity index (χ2v) is 5.37. The van der Waals surface area contributed by atoms with Crippen molar-refractivity contribution >= 4 is 39.2 Å². The molecule has 0 saturated carbocycles. The maximum Gasteiger partial charge on any atom is 0.440 e. The quantitative estimate of drug-likeness (QED) is 0.618. The molecule has 0 saturated heterocycles. The summed E-state index contributed by atoms with van der Waals surface area (Å²) in [5.74, 6) is -0.902. The van der Waals surface area contributed by atoms with Gasteiger partial charge < -0.3 is 5.32 Å². The van der Waals surface area contributed by atoms with Crippen LogP contribution in [0.3, 0.4) is 0 Å². The Bertz CT molecular complexity index is 793. The van der Waals surface area contributed by atoms with Crippen LogP contribution < -0.4 is 10.9 Å². The molecule has 118 valence electrons. The molecule has 0 amide bonds. The number of alkyl halides is 3. The molecular formula is C11H6BrClF4N4O. The van der Waals surface area contributed by atoms with Gasteiger partial charge in [0.2, 0.25) is 11.6 Å². The summed E-state index contributed by atoms with van der Waals surface area (Å²) in [5.41, 5.74) is -2.87. The highest BCUT2D eigenvalue weighted by molar-refractivity contribution is 9.10. The van der Waals surface area contributed by atoms with E-state index in [1.54, 1.807) is 0 Å². The van der Waals surface area contributed by atoms with Gasteiger partial charge in [0, 0.05) is 7.05 Å². The summed E-state index contributed by atoms with van der Waals surface area (Å²) >= 11 is 8.75. The first-order valence-electron chi connectivity index (χ1n) is 5.53. The van der Waals surface area contributed by atoms with E-state index in [1.165, 1.54) is 6.07 Å². The zero-order chi connectivity index (χ0) is 16.7. The van der Waals surface area contributed by atoms with E-state index in [0.717, 1.165) is 13.1 Å². The zero-order valence-corrected chi connectivity index (χ0v) is 13.0. The van der Waals surface area contributed by atoms with Gasteiger partial charge in [-0.3, -0.25) is 9.36 Å². The fourth-order valence-electron chi connectivity index (χ4n) is 1.49. The van der Waals surface area contributed by atoms with E-state index >= 15 is 0 Å². The van der Waals surface area contributed by atoms with E-state index in [1.807, 2.05) is 0 Å². The van der Waals surface area contributed by atoms with Crippen LogP contribution in [0, 0.1) is 5.82 Å². The van der Waals surface area contributed by atoms with Gasteiger partial charge in [-0.2, -0.15) is 13.2 Å². The van der Waals surface area contributed by atoms with Crippen LogP contribution in [0.15, 0.2) is 21.4 Å². The lowest BCUT2D eigenvalue weighted by Crippen LogP contribution is -2.31. The number of benzene rings is 1. The van der Waals surface area contributed by atoms with Crippen molar-refractivity contribution in [3.63, 3.8) is 0 Å². The number of hydrogen-bond acceptors (Lipinski definition) is 4. The molecule has 5 nitrogen and oxygen atoms in total. The number of hydrogen-bond donors (Lipinski definition) is 1. The van der Waals surface area contributed by atoms with Crippen LogP contribution in [0.5, 0.6) is 0 Å². The lowest BCUT2D eigenvalue weighted by molar-refractivity contribution is -0.143. The number of aromatic nitrogens is 3. The fourth-order valence-corrected chi connectivity index (χ4v) is 2.03. The Hall–Kier alpha value is -1.68. The lowest BCUT2D eigenvalue weighted by Gasteiger charge is -2.12. The summed E-state index contributed by atoms with van der Waals surface area (Å²) in [6.45, 7) is 0. The van der Waals surface area contributed by atoms with Gasteiger partial charge in [0.25, 0.3) is 5.56 Å². The molecule has 0 aliphatic carbocycles. The molecule has 2 rings (SSSR count). The van der Waals surface area contributed by atoms with Crippen molar-refractivity contribution in [1.82, 2.24) is 14.8 Å². The van der Waals surface area contributed by atoms with Crippen molar-refractivity contribution in [3.05, 3.63) is 43.5 Å². The van der Waals surface area contributed by atoms with Crippen molar-refractivity contribution in [2.24, 2.45) is 7.05 Å². The first-order valence-corrected chi connectivity index (χ1v) is 6.71. The summed E-state index contributed by atoms with van der Waals surface area (Å²) in [6.07, 6.45) is -4.91. The topological polar surface area (TPSA) is 59.8 Å². The van der Waals surface area contributed by atoms with Crippen LogP contribution >= 0.6 is 27.5 Å². The summed E-state index contributed by atoms with van der Waals surface area (Å²) < 4.78 is 51.6. The van der Waals surface area contributed by atoms with Crippen LogP contribution in [0.25, 0.3) is 0 Å². The highest BCUT2D eigenvalue weighted by Gasteiger charge is 2.37. The van der Waals surface area contributed by atoms with Crippen molar-refractivity contribution in [3.8, 4) is 0 Å². The number of rotatable bonds is 2. The normalized spacial score (nSPS) is 11.6. The minimum absolute atomic E-state index is 0.0464. The van der Waals surface area contributed by atoms with E-state index < -0.39 is 23.2 Å². The SMILES string of the molecule is Cn1c(Nc2cc(Br)c(F)cc2Cl)nnc(C(F)(F)F)c1=O. The number of nitrogens with one attached hydrogen (secondary N) is 1. The number of halogens is 6. The van der Waals surface area contributed by atoms with Crippen molar-refractivity contribution in [1.29, 1.82) is 0 Å². The molecule has 1 aromatic heterocycles. The maximum absolute atomic E-state index is 13.3. The third-order valence-electron chi connectivity index (χ3n) is 2.59. The van der Waals surface area contributed by atoms with Crippen molar-refractivity contribution in [2.75, 3.05) is 5.32 Å². The minimum atomic E-state index is -4.91. The van der Waals surface area contributed by atoms with E-state index in [-0.39, 0.29) is 21.1 Å². The molecule has 0 spiro atoms. The summed E-state index contributed by atoms with van der Waals surface area (Å²) in [5, 5.41) is 8.66. The molecule has 0 atom stereocenters. The largest absolute Gasteiger partial charge is 0.440 e. The van der Waals surface area contributed by atoms with E-state index in [9.17, 15) is 22.4 Å². The van der Waals surface area contributed by atoms with Crippen LogP contribution in [0.1, 0.15) is 5.69 Å². The molecule has 0 bridgehead atoms. The molecule has 22 heavy (non-hydrogen) atoms. The Labute approximate surface area is 134 Å². The van der Waals surface area contributed by atoms with Crippen LogP contribution in [-0.4, -0.2) is 14.8 Å². The summed E-state index contributed by atoms with van der Waals surface area (Å²) in [6, 6.07) is 2.24. The molecule has 1 aromatic carbocycles. The van der Waals surface area contributed by atoms with Gasteiger partial charge in [-0.25, -0.2) is 4.39 Å². The van der Waals surface area contributed by atoms with Crippen LogP contribution in [0.2, 0.25) is 5.02 Å². The van der Waals surface area contributed by atoms with Crippen molar-refractivity contribution in [2.45, 2.75) is 6.18 Å². The Kier molecular flexibility index (Phi) is 4.43. The average molecular weight is 402 g/mol. The van der Waals surface area contributed by atoms with E-state index in [0.29, 0.717) is 4.57 Å². The van der Waals surface area contributed by atoms with Crippen molar-refractivity contribution < 1.29 is 17.6 Å². The molecule has 0 aliphatic rings. The standard InChI is InChI=1S/C11H6BrClF4N4O/c1-21-9(22)8(11(15,16)17)19-20-10(21)18-7-2-4(12)6(14)3-5(7)13/h2-3H,1H3,(H,18,20). The van der Waals surface area contributed by atoms with Gasteiger partial charge in [-0.05, 0) is 28.1 Å². The van der Waals surface area contributed by atoms with Gasteiger partial charge in [-0.1, -0.05) is 11.6 Å². The summed E-state index contributed by atoms with van der Waals surface area (Å²) in [4.78, 5) is 11.6. The Morgan fingerprint density at radius 2 is 1.95 bits per heavy atom. The predicted molar refractivity (Wildman–Crippen MR) is 74.7 cm³/mol. The average Bonchev–Trinajstić information content (AvgIpc) is 2.39. The Morgan fingerprint density at radius 1 is 1.32 bits per heavy atom.